The van der Waals surface area contributed by atoms with Crippen molar-refractivity contribution >= 4 is 51.2 Å². The quantitative estimate of drug-likeness (QED) is 0.0581. The van der Waals surface area contributed by atoms with Crippen LogP contribution in [0.2, 0.25) is 0 Å². The van der Waals surface area contributed by atoms with Crippen molar-refractivity contribution < 1.29 is 71.0 Å². The first-order valence-electron chi connectivity index (χ1n) is 19.7. The van der Waals surface area contributed by atoms with E-state index in [-0.39, 0.29) is 29.3 Å². The number of aromatic nitrogens is 4. The molecule has 7 aromatic rings. The second-order valence-corrected chi connectivity index (χ2v) is 14.5. The van der Waals surface area contributed by atoms with E-state index in [1.165, 1.54) is 0 Å². The summed E-state index contributed by atoms with van der Waals surface area (Å²) in [5.74, 6) is -37.5. The van der Waals surface area contributed by atoms with E-state index in [2.05, 4.69) is 29.9 Å². The molecule has 3 aliphatic rings. The van der Waals surface area contributed by atoms with Crippen LogP contribution in [0.15, 0.2) is 119 Å². The largest absolute Gasteiger partial charge is 3.00 e. The summed E-state index contributed by atoms with van der Waals surface area (Å²) in [5.41, 5.74) is -12.7. The summed E-state index contributed by atoms with van der Waals surface area (Å²) in [6, 6.07) is 14.8. The minimum Gasteiger partial charge on any atom is -0.877 e. The van der Waals surface area contributed by atoms with Gasteiger partial charge in [-0.3, -0.25) is 15.0 Å². The number of pyridine rings is 2. The van der Waals surface area contributed by atoms with Gasteiger partial charge in [0.25, 0.3) is 0 Å². The van der Waals surface area contributed by atoms with Gasteiger partial charge >= 0.3 is 17.4 Å². The first-order valence-corrected chi connectivity index (χ1v) is 19.7. The van der Waals surface area contributed by atoms with E-state index in [1.807, 2.05) is 36.4 Å². The first kappa shape index (κ1) is 51.0. The number of rotatable bonds is 3. The summed E-state index contributed by atoms with van der Waals surface area (Å²) in [6.07, 6.45) is 6.58. The number of fused-ring (bicyclic) bond motifs is 7. The molecule has 0 unspecified atom stereocenters. The Kier molecular flexibility index (Phi) is 14.8. The number of hydrogen-bond donors (Lipinski definition) is 0. The van der Waals surface area contributed by atoms with Gasteiger partial charge in [0.1, 0.15) is 0 Å². The maximum absolute atomic E-state index is 15.6. The molecule has 10 rings (SSSR count). The van der Waals surface area contributed by atoms with E-state index < -0.39 is 178 Å². The van der Waals surface area contributed by atoms with Crippen LogP contribution in [0.1, 0.15) is 40.9 Å². The summed E-state index contributed by atoms with van der Waals surface area (Å²) >= 11 is 0. The molecule has 0 amide bonds. The molecule has 0 spiro atoms. The fraction of sp³-hybridized carbons (Fsp3) is 0.0417. The molecule has 7 nitrogen and oxygen atoms in total. The number of allylic oxidation sites excluding steroid dienone is 3. The average molecular weight is 1010 g/mol. The fourth-order valence-corrected chi connectivity index (χ4v) is 7.32. The molecule has 356 valence electrons. The Morgan fingerprint density at radius 2 is 0.817 bits per heavy atom. The van der Waals surface area contributed by atoms with Crippen molar-refractivity contribution in [3.05, 3.63) is 235 Å². The SMILES string of the molecule is [Al+3].[O-]C=C1C=C2N=C1C(c1c(F)c(F)c(F)c(F)c1F)=c1ccc([n-]1)=C(c1c(F)c(F)c(F)c(F)c1F)C1=NC(=C(c3c(F)c(F)c(F)c(F)c3F)c3ccc2[n-]3)CC1.c1ccncc1.c1ccncc1. The average Bonchev–Trinajstić information content (AvgIpc) is 4.24. The van der Waals surface area contributed by atoms with Gasteiger partial charge in [0.15, 0.2) is 69.8 Å². The van der Waals surface area contributed by atoms with Crippen LogP contribution in [0.4, 0.5) is 65.9 Å². The summed E-state index contributed by atoms with van der Waals surface area (Å²) < 4.78 is 224. The third-order valence-electron chi connectivity index (χ3n) is 10.4. The van der Waals surface area contributed by atoms with E-state index in [0.29, 0.717) is 0 Å². The number of hydrogen-bond acceptors (Lipinski definition) is 5. The monoisotopic (exact) mass is 1010 g/mol. The van der Waals surface area contributed by atoms with Crippen LogP contribution >= 0.6 is 0 Å². The standard InChI is InChI=1S/C38H11F15N4O.2C5H5N.Al/c39-23-20(24(40)30(46)35(51)29(23)45)17-11-2-1-10(54-11)16-7-9(8-58)38(57-16)19(22-27(43)33(49)37(53)34(50)28(22)44)15-6-5-14(56-15)18(13-4-3-12(17)55-13)21-25(41)31(47)36(52)32(48)26(21)42;2*1-2-4-6-5-3-1;/h1-2,5-8H,3-4H2,(H-2,54,55,56,57,58);2*1-5H;/q-2;;;+3/p-1. The Hall–Kier alpha value is -7.90. The molecule has 0 N–H and O–H groups in total. The molecular formula is C48H20AlF15N6O. The molecular weight excluding hydrogens is 989 g/mol. The van der Waals surface area contributed by atoms with Crippen LogP contribution in [-0.2, 0) is 0 Å². The maximum atomic E-state index is 15.6. The van der Waals surface area contributed by atoms with Crippen LogP contribution in [-0.4, -0.2) is 38.8 Å². The zero-order chi connectivity index (χ0) is 50.3. The Labute approximate surface area is 398 Å². The molecule has 4 aromatic heterocycles. The van der Waals surface area contributed by atoms with Crippen molar-refractivity contribution in [1.29, 1.82) is 0 Å². The van der Waals surface area contributed by atoms with E-state index in [1.54, 1.807) is 24.8 Å². The number of halogens is 15. The van der Waals surface area contributed by atoms with Gasteiger partial charge in [-0.25, -0.2) is 70.8 Å². The molecule has 3 aromatic carbocycles. The molecule has 3 aliphatic heterocycles. The Morgan fingerprint density at radius 1 is 0.423 bits per heavy atom. The van der Waals surface area contributed by atoms with Gasteiger partial charge in [-0.05, 0) is 65.5 Å². The van der Waals surface area contributed by atoms with E-state index in [4.69, 9.17) is 0 Å². The van der Waals surface area contributed by atoms with Gasteiger partial charge in [-0.1, -0.05) is 36.4 Å². The van der Waals surface area contributed by atoms with Crippen LogP contribution in [0.25, 0.3) is 22.4 Å². The van der Waals surface area contributed by atoms with Gasteiger partial charge in [0, 0.05) is 41.9 Å². The maximum Gasteiger partial charge on any atom is 3.00 e. The molecule has 23 heteroatoms. The van der Waals surface area contributed by atoms with Gasteiger partial charge in [-0.15, -0.1) is 28.3 Å². The van der Waals surface area contributed by atoms with Crippen LogP contribution in [0.3, 0.4) is 0 Å². The van der Waals surface area contributed by atoms with Crippen molar-refractivity contribution in [2.45, 2.75) is 12.8 Å². The van der Waals surface area contributed by atoms with Crippen molar-refractivity contribution in [3.63, 3.8) is 0 Å². The summed E-state index contributed by atoms with van der Waals surface area (Å²) in [4.78, 5) is 23.9. The molecule has 71 heavy (non-hydrogen) atoms. The van der Waals surface area contributed by atoms with E-state index >= 15 is 26.3 Å². The minimum absolute atomic E-state index is 0. The van der Waals surface area contributed by atoms with Crippen molar-refractivity contribution in [2.75, 3.05) is 0 Å². The first-order chi connectivity index (χ1) is 33.5. The second kappa shape index (κ2) is 20.6. The van der Waals surface area contributed by atoms with Crippen LogP contribution in [0, 0.1) is 87.3 Å². The van der Waals surface area contributed by atoms with Gasteiger partial charge < -0.3 is 15.1 Å². The van der Waals surface area contributed by atoms with Gasteiger partial charge in [0.05, 0.1) is 22.4 Å². The van der Waals surface area contributed by atoms with Crippen molar-refractivity contribution in [2.24, 2.45) is 9.98 Å². The van der Waals surface area contributed by atoms with Crippen LogP contribution < -0.4 is 25.8 Å². The molecule has 0 aliphatic carbocycles. The second-order valence-electron chi connectivity index (χ2n) is 14.5. The Bertz CT molecular complexity index is 3400. The van der Waals surface area contributed by atoms with Gasteiger partial charge in [-0.2, -0.15) is 0 Å². The van der Waals surface area contributed by atoms with E-state index in [0.717, 1.165) is 30.3 Å². The molecule has 8 bridgehead atoms. The molecule has 0 fully saturated rings. The minimum atomic E-state index is -2.63. The number of nitrogens with zero attached hydrogens (tertiary/aromatic N) is 6. The van der Waals surface area contributed by atoms with Crippen LogP contribution in [0.5, 0.6) is 0 Å². The third-order valence-corrected chi connectivity index (χ3v) is 10.4. The molecule has 7 heterocycles. The predicted molar refractivity (Wildman–Crippen MR) is 223 cm³/mol. The molecule has 0 saturated heterocycles. The fourth-order valence-electron chi connectivity index (χ4n) is 7.32. The van der Waals surface area contributed by atoms with Crippen molar-refractivity contribution in [3.8, 4) is 0 Å². The van der Waals surface area contributed by atoms with Gasteiger partial charge in [0.2, 0.25) is 17.5 Å². The molecule has 0 saturated carbocycles. The van der Waals surface area contributed by atoms with Crippen molar-refractivity contribution in [1.82, 2.24) is 19.9 Å². The Morgan fingerprint density at radius 3 is 1.23 bits per heavy atom. The zero-order valence-corrected chi connectivity index (χ0v) is 36.1. The topological polar surface area (TPSA) is 102 Å². The number of aliphatic imine (C=N–C) groups is 2. The Balaban J connectivity index is 0.000000499. The normalized spacial score (nSPS) is 14.4. The van der Waals surface area contributed by atoms with E-state index in [9.17, 15) is 44.6 Å². The zero-order valence-electron chi connectivity index (χ0n) is 35.0. The molecule has 0 atom stereocenters. The summed E-state index contributed by atoms with van der Waals surface area (Å²) in [6.45, 7) is 0. The third kappa shape index (κ3) is 9.09. The molecule has 0 radical (unpaired) electrons. The number of benzene rings is 3. The summed E-state index contributed by atoms with van der Waals surface area (Å²) in [7, 11) is 0. The smallest absolute Gasteiger partial charge is 0.877 e. The summed E-state index contributed by atoms with van der Waals surface area (Å²) in [5, 5.41) is 10.6. The predicted octanol–water partition coefficient (Wildman–Crippen LogP) is 8.62.